The summed E-state index contributed by atoms with van der Waals surface area (Å²) in [6, 6.07) is 25.1. The van der Waals surface area contributed by atoms with Crippen molar-refractivity contribution < 1.29 is 4.79 Å². The molecule has 0 spiro atoms. The summed E-state index contributed by atoms with van der Waals surface area (Å²) in [6.45, 7) is 5.97. The van der Waals surface area contributed by atoms with E-state index in [9.17, 15) is 4.79 Å². The van der Waals surface area contributed by atoms with Crippen LogP contribution in [0.25, 0.3) is 10.9 Å². The molecule has 35 heavy (non-hydrogen) atoms. The number of nitrogens with one attached hydrogen (secondary N) is 3. The number of carbonyl (C=O) groups is 1. The Morgan fingerprint density at radius 1 is 0.914 bits per heavy atom. The Balaban J connectivity index is 1.57. The fourth-order valence-corrected chi connectivity index (χ4v) is 4.44. The number of anilines is 2. The normalized spacial score (nSPS) is 11.9. The summed E-state index contributed by atoms with van der Waals surface area (Å²) in [7, 11) is 0. The van der Waals surface area contributed by atoms with Crippen LogP contribution in [0.2, 0.25) is 0 Å². The summed E-state index contributed by atoms with van der Waals surface area (Å²) in [5, 5.41) is 7.66. The molecule has 0 radical (unpaired) electrons. The number of fused-ring (bicyclic) bond motifs is 1. The Hall–Kier alpha value is -4.45. The van der Waals surface area contributed by atoms with E-state index in [4.69, 9.17) is 0 Å². The molecule has 0 bridgehead atoms. The van der Waals surface area contributed by atoms with Crippen molar-refractivity contribution in [3.63, 3.8) is 0 Å². The van der Waals surface area contributed by atoms with Gasteiger partial charge in [-0.1, -0.05) is 30.3 Å². The summed E-state index contributed by atoms with van der Waals surface area (Å²) in [4.78, 5) is 25.7. The number of hydrogen-bond donors (Lipinski definition) is 3. The number of rotatable bonds is 6. The van der Waals surface area contributed by atoms with Crippen molar-refractivity contribution in [3.05, 3.63) is 119 Å². The molecule has 3 aromatic heterocycles. The zero-order valence-corrected chi connectivity index (χ0v) is 20.0. The number of carbonyl (C=O) groups excluding carboxylic acids is 1. The van der Waals surface area contributed by atoms with Crippen LogP contribution < -0.4 is 10.6 Å². The molecule has 5 rings (SSSR count). The summed E-state index contributed by atoms with van der Waals surface area (Å²) >= 11 is 0. The zero-order valence-electron chi connectivity index (χ0n) is 20.0. The topological polar surface area (TPSA) is 82.7 Å². The minimum atomic E-state index is -0.235. The van der Waals surface area contributed by atoms with Gasteiger partial charge in [0.15, 0.2) is 0 Å². The lowest BCUT2D eigenvalue weighted by Crippen LogP contribution is -2.16. The van der Waals surface area contributed by atoms with Gasteiger partial charge in [0.1, 0.15) is 5.82 Å². The van der Waals surface area contributed by atoms with Crippen molar-refractivity contribution in [2.24, 2.45) is 0 Å². The van der Waals surface area contributed by atoms with E-state index in [0.717, 1.165) is 50.6 Å². The first kappa shape index (κ1) is 22.3. The van der Waals surface area contributed by atoms with Crippen LogP contribution >= 0.6 is 0 Å². The third-order valence-electron chi connectivity index (χ3n) is 6.14. The van der Waals surface area contributed by atoms with E-state index in [0.29, 0.717) is 5.56 Å². The monoisotopic (exact) mass is 461 g/mol. The molecule has 0 saturated carbocycles. The molecule has 0 aliphatic carbocycles. The van der Waals surface area contributed by atoms with Crippen LogP contribution in [-0.4, -0.2) is 20.9 Å². The number of aromatic nitrogens is 3. The molecular weight excluding hydrogens is 434 g/mol. The Morgan fingerprint density at radius 2 is 1.74 bits per heavy atom. The molecule has 0 aliphatic heterocycles. The molecule has 6 heteroatoms. The molecule has 0 aliphatic rings. The van der Waals surface area contributed by atoms with Gasteiger partial charge in [0.25, 0.3) is 5.91 Å². The number of benzene rings is 2. The predicted molar refractivity (Wildman–Crippen MR) is 141 cm³/mol. The van der Waals surface area contributed by atoms with Gasteiger partial charge in [-0.25, -0.2) is 4.98 Å². The largest absolute Gasteiger partial charge is 0.358 e. The molecule has 174 valence electrons. The maximum absolute atomic E-state index is 12.9. The average molecular weight is 462 g/mol. The number of H-pyrrole nitrogens is 1. The van der Waals surface area contributed by atoms with E-state index in [2.05, 4.69) is 32.5 Å². The fourth-order valence-electron chi connectivity index (χ4n) is 4.44. The SMILES string of the molecule is Cc1cccc(N[C@H](c2ccccn2)c2c(C)[nH]c3ccc(NC(=O)c4ccccc4C)cc23)n1. The number of aryl methyl sites for hydroxylation is 3. The van der Waals surface area contributed by atoms with Crippen LogP contribution in [0, 0.1) is 20.8 Å². The first-order valence-corrected chi connectivity index (χ1v) is 11.6. The van der Waals surface area contributed by atoms with E-state index in [1.54, 1.807) is 6.20 Å². The highest BCUT2D eigenvalue weighted by atomic mass is 16.1. The predicted octanol–water partition coefficient (Wildman–Crippen LogP) is 6.34. The molecule has 3 heterocycles. The van der Waals surface area contributed by atoms with Gasteiger partial charge in [-0.15, -0.1) is 0 Å². The minimum absolute atomic E-state index is 0.125. The number of aromatic amines is 1. The van der Waals surface area contributed by atoms with Crippen LogP contribution in [0.5, 0.6) is 0 Å². The minimum Gasteiger partial charge on any atom is -0.358 e. The second kappa shape index (κ2) is 9.43. The third-order valence-corrected chi connectivity index (χ3v) is 6.14. The van der Waals surface area contributed by atoms with Crippen molar-refractivity contribution >= 4 is 28.3 Å². The first-order chi connectivity index (χ1) is 17.0. The van der Waals surface area contributed by atoms with Gasteiger partial charge in [-0.05, 0) is 74.9 Å². The summed E-state index contributed by atoms with van der Waals surface area (Å²) in [5.41, 5.74) is 7.24. The van der Waals surface area contributed by atoms with Gasteiger partial charge in [-0.3, -0.25) is 9.78 Å². The molecule has 6 nitrogen and oxygen atoms in total. The smallest absolute Gasteiger partial charge is 0.255 e. The van der Waals surface area contributed by atoms with Crippen LogP contribution in [0.15, 0.2) is 85.1 Å². The molecule has 0 saturated heterocycles. The molecule has 1 amide bonds. The molecular formula is C29H27N5O. The van der Waals surface area contributed by atoms with Gasteiger partial charge >= 0.3 is 0 Å². The van der Waals surface area contributed by atoms with Gasteiger partial charge in [0, 0.05) is 45.3 Å². The van der Waals surface area contributed by atoms with Crippen molar-refractivity contribution in [3.8, 4) is 0 Å². The van der Waals surface area contributed by atoms with Crippen molar-refractivity contribution in [2.45, 2.75) is 26.8 Å². The highest BCUT2D eigenvalue weighted by Gasteiger charge is 2.23. The number of pyridine rings is 2. The van der Waals surface area contributed by atoms with Gasteiger partial charge in [0.2, 0.25) is 0 Å². The first-order valence-electron chi connectivity index (χ1n) is 11.6. The Kier molecular flexibility index (Phi) is 6.02. The highest BCUT2D eigenvalue weighted by Crippen LogP contribution is 2.35. The summed E-state index contributed by atoms with van der Waals surface area (Å²) < 4.78 is 0. The molecule has 5 aromatic rings. The third kappa shape index (κ3) is 4.64. The molecule has 3 N–H and O–H groups in total. The highest BCUT2D eigenvalue weighted by molar-refractivity contribution is 6.06. The second-order valence-electron chi connectivity index (χ2n) is 8.69. The van der Waals surface area contributed by atoms with Crippen molar-refractivity contribution in [1.82, 2.24) is 15.0 Å². The van der Waals surface area contributed by atoms with E-state index in [-0.39, 0.29) is 11.9 Å². The molecule has 0 fully saturated rings. The van der Waals surface area contributed by atoms with Gasteiger partial charge < -0.3 is 15.6 Å². The van der Waals surface area contributed by atoms with Crippen LogP contribution in [0.1, 0.15) is 44.6 Å². The molecule has 1 atom stereocenters. The lowest BCUT2D eigenvalue weighted by atomic mass is 9.99. The van der Waals surface area contributed by atoms with Crippen molar-refractivity contribution in [2.75, 3.05) is 10.6 Å². The number of hydrogen-bond acceptors (Lipinski definition) is 4. The number of nitrogens with zero attached hydrogens (tertiary/aromatic N) is 2. The maximum Gasteiger partial charge on any atom is 0.255 e. The van der Waals surface area contributed by atoms with E-state index in [1.807, 2.05) is 92.7 Å². The van der Waals surface area contributed by atoms with Crippen molar-refractivity contribution in [1.29, 1.82) is 0 Å². The van der Waals surface area contributed by atoms with Gasteiger partial charge in [-0.2, -0.15) is 0 Å². The zero-order chi connectivity index (χ0) is 24.4. The Labute approximate surface area is 204 Å². The summed E-state index contributed by atoms with van der Waals surface area (Å²) in [5.74, 6) is 0.651. The molecule has 2 aromatic carbocycles. The van der Waals surface area contributed by atoms with E-state index < -0.39 is 0 Å². The Morgan fingerprint density at radius 3 is 2.51 bits per heavy atom. The van der Waals surface area contributed by atoms with E-state index >= 15 is 0 Å². The Bertz CT molecular complexity index is 1510. The lowest BCUT2D eigenvalue weighted by molar-refractivity contribution is 0.102. The lowest BCUT2D eigenvalue weighted by Gasteiger charge is -2.20. The fraction of sp³-hybridized carbons (Fsp3) is 0.138. The number of amides is 1. The molecule has 0 unspecified atom stereocenters. The average Bonchev–Trinajstić information content (AvgIpc) is 3.18. The van der Waals surface area contributed by atoms with E-state index in [1.165, 1.54) is 0 Å². The quantitative estimate of drug-likeness (QED) is 0.276. The maximum atomic E-state index is 12.9. The van der Waals surface area contributed by atoms with Crippen LogP contribution in [-0.2, 0) is 0 Å². The van der Waals surface area contributed by atoms with Crippen LogP contribution in [0.3, 0.4) is 0 Å². The standard InChI is InChI=1S/C29H27N5O/c1-18-9-4-5-11-22(18)29(35)33-21-14-15-24-23(17-21)27(20(3)32-24)28(25-12-6-7-16-30-25)34-26-13-8-10-19(2)31-26/h4-17,28,32H,1-3H3,(H,31,34)(H,33,35)/t28-/m1/s1. The second-order valence-corrected chi connectivity index (χ2v) is 8.69. The summed E-state index contributed by atoms with van der Waals surface area (Å²) in [6.07, 6.45) is 1.80. The van der Waals surface area contributed by atoms with Crippen LogP contribution in [0.4, 0.5) is 11.5 Å². The van der Waals surface area contributed by atoms with Gasteiger partial charge in [0.05, 0.1) is 11.7 Å².